The van der Waals surface area contributed by atoms with Gasteiger partial charge in [0.15, 0.2) is 0 Å². The lowest BCUT2D eigenvalue weighted by atomic mass is 10.0. The van der Waals surface area contributed by atoms with Crippen LogP contribution < -0.4 is 4.74 Å². The summed E-state index contributed by atoms with van der Waals surface area (Å²) in [5.74, 6) is 0.804. The lowest BCUT2D eigenvalue weighted by Gasteiger charge is -2.06. The number of ether oxygens (including phenoxy) is 1. The number of benzene rings is 1. The van der Waals surface area contributed by atoms with Gasteiger partial charge in [-0.25, -0.2) is 0 Å². The molecule has 0 radical (unpaired) electrons. The number of nitriles is 1. The van der Waals surface area contributed by atoms with E-state index in [9.17, 15) is 0 Å². The van der Waals surface area contributed by atoms with E-state index in [1.54, 1.807) is 13.3 Å². The maximum atomic E-state index is 9.06. The number of aryl methyl sites for hydroxylation is 1. The number of hydrogen-bond acceptors (Lipinski definition) is 3. The molecule has 1 heterocycles. The van der Waals surface area contributed by atoms with Gasteiger partial charge in [0.2, 0.25) is 0 Å². The van der Waals surface area contributed by atoms with Crippen molar-refractivity contribution in [1.29, 1.82) is 5.26 Å². The molecule has 0 saturated carbocycles. The molecule has 0 aliphatic rings. The summed E-state index contributed by atoms with van der Waals surface area (Å²) in [6.07, 6.45) is 1.61. The normalized spacial score (nSPS) is 9.71. The second-order valence-electron chi connectivity index (χ2n) is 3.71. The molecule has 0 fully saturated rings. The third-order valence-corrected chi connectivity index (χ3v) is 2.56. The van der Waals surface area contributed by atoms with Gasteiger partial charge in [0.1, 0.15) is 11.8 Å². The number of pyridine rings is 1. The Morgan fingerprint density at radius 3 is 2.53 bits per heavy atom. The Morgan fingerprint density at radius 2 is 1.94 bits per heavy atom. The Bertz CT molecular complexity index is 568. The molecule has 0 amide bonds. The maximum absolute atomic E-state index is 9.06. The maximum Gasteiger partial charge on any atom is 0.118 e. The van der Waals surface area contributed by atoms with E-state index in [-0.39, 0.29) is 0 Å². The van der Waals surface area contributed by atoms with Crippen LogP contribution in [-0.4, -0.2) is 12.1 Å². The third kappa shape index (κ3) is 2.26. The minimum Gasteiger partial charge on any atom is -0.497 e. The molecule has 0 saturated heterocycles. The summed E-state index contributed by atoms with van der Waals surface area (Å²) in [5.41, 5.74) is 3.38. The fraction of sp³-hybridized carbons (Fsp3) is 0.143. The van der Waals surface area contributed by atoms with E-state index in [2.05, 4.69) is 11.1 Å². The molecule has 3 nitrogen and oxygen atoms in total. The molecule has 1 aromatic heterocycles. The summed E-state index contributed by atoms with van der Waals surface area (Å²) < 4.78 is 5.11. The highest BCUT2D eigenvalue weighted by molar-refractivity contribution is 5.70. The van der Waals surface area contributed by atoms with Gasteiger partial charge in [-0.05, 0) is 30.7 Å². The molecule has 0 aliphatic carbocycles. The van der Waals surface area contributed by atoms with Gasteiger partial charge in [-0.2, -0.15) is 5.26 Å². The molecule has 0 aliphatic heterocycles. The van der Waals surface area contributed by atoms with Crippen LogP contribution in [0.25, 0.3) is 11.1 Å². The first-order valence-corrected chi connectivity index (χ1v) is 5.26. The van der Waals surface area contributed by atoms with Crippen LogP contribution in [0.1, 0.15) is 11.3 Å². The number of methoxy groups -OCH3 is 1. The van der Waals surface area contributed by atoms with Gasteiger partial charge in [0.05, 0.1) is 12.7 Å². The highest BCUT2D eigenvalue weighted by atomic mass is 16.5. The smallest absolute Gasteiger partial charge is 0.118 e. The fourth-order valence-electron chi connectivity index (χ4n) is 1.66. The molecule has 17 heavy (non-hydrogen) atoms. The predicted molar refractivity (Wildman–Crippen MR) is 65.7 cm³/mol. The van der Waals surface area contributed by atoms with E-state index in [1.165, 1.54) is 0 Å². The molecule has 0 atom stereocenters. The number of hydrogen-bond donors (Lipinski definition) is 0. The van der Waals surface area contributed by atoms with Crippen molar-refractivity contribution >= 4 is 0 Å². The number of rotatable bonds is 2. The minimum atomic E-state index is 0.584. The van der Waals surface area contributed by atoms with Gasteiger partial charge in [0, 0.05) is 17.5 Å². The molecular formula is C14H12N2O. The van der Waals surface area contributed by atoms with Gasteiger partial charge >= 0.3 is 0 Å². The van der Waals surface area contributed by atoms with Crippen molar-refractivity contribution in [2.24, 2.45) is 0 Å². The first-order valence-electron chi connectivity index (χ1n) is 5.26. The van der Waals surface area contributed by atoms with Crippen molar-refractivity contribution in [2.45, 2.75) is 6.92 Å². The van der Waals surface area contributed by atoms with Crippen molar-refractivity contribution in [3.8, 4) is 22.9 Å². The van der Waals surface area contributed by atoms with E-state index < -0.39 is 0 Å². The van der Waals surface area contributed by atoms with E-state index in [4.69, 9.17) is 10.00 Å². The number of nitrogens with zero attached hydrogens (tertiary/aromatic N) is 2. The molecule has 3 heteroatoms. The zero-order chi connectivity index (χ0) is 12.3. The van der Waals surface area contributed by atoms with E-state index in [0.717, 1.165) is 22.6 Å². The summed E-state index contributed by atoms with van der Waals surface area (Å²) >= 11 is 0. The van der Waals surface area contributed by atoms with Crippen molar-refractivity contribution < 1.29 is 4.74 Å². The highest BCUT2D eigenvalue weighted by Gasteiger charge is 2.06. The van der Waals surface area contributed by atoms with Gasteiger partial charge in [0.25, 0.3) is 0 Å². The molecule has 2 aromatic rings. The van der Waals surface area contributed by atoms with Crippen molar-refractivity contribution in [2.75, 3.05) is 7.11 Å². The Labute approximate surface area is 100 Å². The summed E-state index contributed by atoms with van der Waals surface area (Å²) in [6, 6.07) is 11.7. The minimum absolute atomic E-state index is 0.584. The van der Waals surface area contributed by atoms with Gasteiger partial charge in [-0.3, -0.25) is 4.98 Å². The fourth-order valence-corrected chi connectivity index (χ4v) is 1.66. The van der Waals surface area contributed by atoms with E-state index in [0.29, 0.717) is 5.56 Å². The van der Waals surface area contributed by atoms with Gasteiger partial charge in [-0.1, -0.05) is 12.1 Å². The average Bonchev–Trinajstić information content (AvgIpc) is 2.39. The highest BCUT2D eigenvalue weighted by Crippen LogP contribution is 2.25. The molecular weight excluding hydrogens is 212 g/mol. The Kier molecular flexibility index (Phi) is 3.06. The molecule has 84 valence electrons. The molecule has 0 unspecified atom stereocenters. The SMILES string of the molecule is COc1ccc(-c2cc(C)ncc2C#N)cc1. The zero-order valence-electron chi connectivity index (χ0n) is 9.77. The zero-order valence-corrected chi connectivity index (χ0v) is 9.77. The molecule has 0 N–H and O–H groups in total. The van der Waals surface area contributed by atoms with Crippen LogP contribution in [0.15, 0.2) is 36.5 Å². The van der Waals surface area contributed by atoms with Gasteiger partial charge < -0.3 is 4.74 Å². The van der Waals surface area contributed by atoms with Crippen LogP contribution in [0.2, 0.25) is 0 Å². The first-order chi connectivity index (χ1) is 8.24. The van der Waals surface area contributed by atoms with Crippen LogP contribution in [0.3, 0.4) is 0 Å². The van der Waals surface area contributed by atoms with Gasteiger partial charge in [-0.15, -0.1) is 0 Å². The molecule has 2 rings (SSSR count). The summed E-state index contributed by atoms with van der Waals surface area (Å²) in [7, 11) is 1.63. The first kappa shape index (κ1) is 11.2. The summed E-state index contributed by atoms with van der Waals surface area (Å²) in [6.45, 7) is 1.91. The Morgan fingerprint density at radius 1 is 1.24 bits per heavy atom. The van der Waals surface area contributed by atoms with Crippen molar-refractivity contribution in [1.82, 2.24) is 4.98 Å². The predicted octanol–water partition coefficient (Wildman–Crippen LogP) is 2.94. The Hall–Kier alpha value is -2.34. The quantitative estimate of drug-likeness (QED) is 0.787. The second kappa shape index (κ2) is 4.67. The van der Waals surface area contributed by atoms with Crippen LogP contribution in [0, 0.1) is 18.3 Å². The second-order valence-corrected chi connectivity index (χ2v) is 3.71. The molecule has 0 bridgehead atoms. The van der Waals surface area contributed by atoms with Crippen molar-refractivity contribution in [3.05, 3.63) is 47.8 Å². The molecule has 0 spiro atoms. The monoisotopic (exact) mass is 224 g/mol. The summed E-state index contributed by atoms with van der Waals surface area (Å²) in [5, 5.41) is 9.06. The number of aromatic nitrogens is 1. The van der Waals surface area contributed by atoms with E-state index >= 15 is 0 Å². The van der Waals surface area contributed by atoms with Crippen LogP contribution >= 0.6 is 0 Å². The average molecular weight is 224 g/mol. The third-order valence-electron chi connectivity index (χ3n) is 2.56. The Balaban J connectivity index is 2.52. The van der Waals surface area contributed by atoms with E-state index in [1.807, 2.05) is 37.3 Å². The van der Waals surface area contributed by atoms with Crippen molar-refractivity contribution in [3.63, 3.8) is 0 Å². The lowest BCUT2D eigenvalue weighted by Crippen LogP contribution is -1.89. The lowest BCUT2D eigenvalue weighted by molar-refractivity contribution is 0.415. The topological polar surface area (TPSA) is 45.9 Å². The standard InChI is InChI=1S/C14H12N2O/c1-10-7-14(12(8-15)9-16-10)11-3-5-13(17-2)6-4-11/h3-7,9H,1-2H3. The summed E-state index contributed by atoms with van der Waals surface area (Å²) in [4.78, 5) is 4.12. The van der Waals surface area contributed by atoms with Crippen LogP contribution in [0.4, 0.5) is 0 Å². The van der Waals surface area contributed by atoms with Crippen LogP contribution in [0.5, 0.6) is 5.75 Å². The molecule has 1 aromatic carbocycles. The van der Waals surface area contributed by atoms with Crippen LogP contribution in [-0.2, 0) is 0 Å². The largest absolute Gasteiger partial charge is 0.497 e.